The fourth-order valence-corrected chi connectivity index (χ4v) is 9.34. The van der Waals surface area contributed by atoms with Crippen LogP contribution in [0.5, 0.6) is 5.75 Å². The van der Waals surface area contributed by atoms with E-state index in [2.05, 4.69) is 19.2 Å². The number of hydrogen-bond donors (Lipinski definition) is 2. The average Bonchev–Trinajstić information content (AvgIpc) is 3.33. The van der Waals surface area contributed by atoms with E-state index in [4.69, 9.17) is 9.47 Å². The molecule has 9 heteroatoms. The van der Waals surface area contributed by atoms with E-state index >= 15 is 0 Å². The lowest BCUT2D eigenvalue weighted by atomic mass is 9.46. The van der Waals surface area contributed by atoms with Crippen molar-refractivity contribution in [2.75, 3.05) is 7.11 Å². The molecule has 3 saturated carbocycles. The second-order valence-corrected chi connectivity index (χ2v) is 13.9. The number of amides is 1. The maximum absolute atomic E-state index is 13.4. The second kappa shape index (κ2) is 12.5. The Kier molecular flexibility index (Phi) is 9.06. The lowest BCUT2D eigenvalue weighted by molar-refractivity contribution is -0.178. The highest BCUT2D eigenvalue weighted by molar-refractivity contribution is 5.91. The highest BCUT2D eigenvalue weighted by Crippen LogP contribution is 2.67. The average molecular weight is 608 g/mol. The van der Waals surface area contributed by atoms with Gasteiger partial charge in [0.1, 0.15) is 23.7 Å². The SMILES string of the molecule is COC(=O)[C@H](Cc1ccc(O)cc1)NC(=O)CCC(=O)OC1C[C@@]2(C)C(CC[C@@H]2C(C)=O)C2CCC3=CC(=O)CC[C@]3(C)C12. The van der Waals surface area contributed by atoms with Gasteiger partial charge >= 0.3 is 11.9 Å². The number of benzene rings is 1. The molecule has 5 rings (SSSR count). The predicted molar refractivity (Wildman–Crippen MR) is 161 cm³/mol. The van der Waals surface area contributed by atoms with E-state index in [1.54, 1.807) is 19.1 Å². The van der Waals surface area contributed by atoms with Crippen molar-refractivity contribution >= 4 is 29.4 Å². The molecule has 0 radical (unpaired) electrons. The number of carbonyl (C=O) groups is 5. The van der Waals surface area contributed by atoms with E-state index in [1.165, 1.54) is 19.2 Å². The molecule has 4 aliphatic rings. The summed E-state index contributed by atoms with van der Waals surface area (Å²) in [5.41, 5.74) is 1.37. The summed E-state index contributed by atoms with van der Waals surface area (Å²) in [4.78, 5) is 63.7. The minimum absolute atomic E-state index is 0.0474. The van der Waals surface area contributed by atoms with Gasteiger partial charge < -0.3 is 19.9 Å². The van der Waals surface area contributed by atoms with Gasteiger partial charge in [-0.3, -0.25) is 19.2 Å². The van der Waals surface area contributed by atoms with Crippen LogP contribution >= 0.6 is 0 Å². The molecule has 0 spiro atoms. The number of rotatable bonds is 9. The number of ketones is 2. The Bertz CT molecular complexity index is 1350. The number of fused-ring (bicyclic) bond motifs is 5. The molecular formula is C35H45NO8. The van der Waals surface area contributed by atoms with Crippen molar-refractivity contribution in [3.05, 3.63) is 41.5 Å². The number of phenols is 1. The third-order valence-electron chi connectivity index (χ3n) is 11.4. The van der Waals surface area contributed by atoms with Gasteiger partial charge in [0.15, 0.2) is 5.78 Å². The topological polar surface area (TPSA) is 136 Å². The van der Waals surface area contributed by atoms with Crippen LogP contribution in [0.25, 0.3) is 0 Å². The summed E-state index contributed by atoms with van der Waals surface area (Å²) >= 11 is 0. The first kappa shape index (κ1) is 31.9. The van der Waals surface area contributed by atoms with Crippen molar-refractivity contribution in [2.45, 2.75) is 97.1 Å². The first-order valence-electron chi connectivity index (χ1n) is 15.9. The molecule has 0 heterocycles. The lowest BCUT2D eigenvalue weighted by Gasteiger charge is -2.60. The quantitative estimate of drug-likeness (QED) is 0.388. The zero-order chi connectivity index (χ0) is 31.8. The second-order valence-electron chi connectivity index (χ2n) is 13.9. The maximum Gasteiger partial charge on any atom is 0.328 e. The highest BCUT2D eigenvalue weighted by atomic mass is 16.5. The van der Waals surface area contributed by atoms with Crippen LogP contribution in [0.3, 0.4) is 0 Å². The van der Waals surface area contributed by atoms with Gasteiger partial charge in [-0.25, -0.2) is 4.79 Å². The van der Waals surface area contributed by atoms with Crippen molar-refractivity contribution in [1.29, 1.82) is 0 Å². The number of methoxy groups -OCH3 is 1. The van der Waals surface area contributed by atoms with Crippen molar-refractivity contribution in [3.63, 3.8) is 0 Å². The van der Waals surface area contributed by atoms with E-state index < -0.39 is 30.0 Å². The summed E-state index contributed by atoms with van der Waals surface area (Å²) in [5.74, 6) is -0.498. The van der Waals surface area contributed by atoms with Gasteiger partial charge in [0.05, 0.1) is 13.5 Å². The fraction of sp³-hybridized carbons (Fsp3) is 0.629. The normalized spacial score (nSPS) is 33.1. The molecule has 44 heavy (non-hydrogen) atoms. The number of hydrogen-bond acceptors (Lipinski definition) is 8. The van der Waals surface area contributed by atoms with Crippen LogP contribution < -0.4 is 5.32 Å². The van der Waals surface area contributed by atoms with Gasteiger partial charge in [0, 0.05) is 31.1 Å². The van der Waals surface area contributed by atoms with E-state index in [9.17, 15) is 29.1 Å². The molecule has 3 fully saturated rings. The Hall–Kier alpha value is -3.49. The first-order chi connectivity index (χ1) is 20.9. The maximum atomic E-state index is 13.4. The fourth-order valence-electron chi connectivity index (χ4n) is 9.34. The largest absolute Gasteiger partial charge is 0.508 e. The number of aromatic hydroxyl groups is 1. The van der Waals surface area contributed by atoms with Crippen LogP contribution in [-0.4, -0.2) is 53.8 Å². The van der Waals surface area contributed by atoms with Gasteiger partial charge in [-0.2, -0.15) is 0 Å². The third-order valence-corrected chi connectivity index (χ3v) is 11.4. The molecule has 0 aromatic heterocycles. The van der Waals surface area contributed by atoms with Gasteiger partial charge in [-0.1, -0.05) is 31.6 Å². The van der Waals surface area contributed by atoms with Crippen LogP contribution in [0.4, 0.5) is 0 Å². The Morgan fingerprint density at radius 3 is 2.45 bits per heavy atom. The van der Waals surface area contributed by atoms with Crippen LogP contribution in [0, 0.1) is 34.5 Å². The van der Waals surface area contributed by atoms with E-state index in [1.807, 2.05) is 6.08 Å². The summed E-state index contributed by atoms with van der Waals surface area (Å²) in [7, 11) is 1.24. The van der Waals surface area contributed by atoms with Crippen molar-refractivity contribution in [3.8, 4) is 5.75 Å². The smallest absolute Gasteiger partial charge is 0.328 e. The third kappa shape index (κ3) is 6.07. The Labute approximate surface area is 259 Å². The zero-order valence-corrected chi connectivity index (χ0v) is 26.2. The molecule has 1 amide bonds. The van der Waals surface area contributed by atoms with E-state index in [0.717, 1.165) is 43.2 Å². The lowest BCUT2D eigenvalue weighted by Crippen LogP contribution is -2.58. The monoisotopic (exact) mass is 607 g/mol. The van der Waals surface area contributed by atoms with Crippen molar-refractivity contribution < 1.29 is 38.6 Å². The van der Waals surface area contributed by atoms with Gasteiger partial charge in [0.25, 0.3) is 0 Å². The minimum atomic E-state index is -0.948. The van der Waals surface area contributed by atoms with Crippen molar-refractivity contribution in [2.24, 2.45) is 34.5 Å². The summed E-state index contributed by atoms with van der Waals surface area (Å²) in [6.45, 7) is 6.08. The number of allylic oxidation sites excluding steroid dienone is 1. The first-order valence-corrected chi connectivity index (χ1v) is 15.9. The number of Topliss-reactive ketones (excluding diaryl/α,β-unsaturated/α-hetero) is 1. The number of ether oxygens (including phenoxy) is 2. The van der Waals surface area contributed by atoms with Crippen LogP contribution in [0.2, 0.25) is 0 Å². The minimum Gasteiger partial charge on any atom is -0.508 e. The summed E-state index contributed by atoms with van der Waals surface area (Å²) in [6.07, 6.45) is 6.66. The van der Waals surface area contributed by atoms with Gasteiger partial charge in [0.2, 0.25) is 5.91 Å². The molecule has 8 atom stereocenters. The standard InChI is InChI=1S/C35H45NO8/c1-20(37)26-11-12-27-25-10-7-22-18-24(39)15-16-34(22,2)32(25)29(19-35(26,27)3)44-31(41)14-13-30(40)36-28(33(42)43-4)17-21-5-8-23(38)9-6-21/h5-6,8-9,18,25-29,32,38H,7,10-17,19H2,1-4H3,(H,36,40)/t25?,26-,27?,28+,29?,32?,34+,35-/m1/s1. The molecule has 1 aromatic rings. The van der Waals surface area contributed by atoms with E-state index in [0.29, 0.717) is 18.8 Å². The Balaban J connectivity index is 1.29. The van der Waals surface area contributed by atoms with Crippen molar-refractivity contribution in [1.82, 2.24) is 5.32 Å². The van der Waals surface area contributed by atoms with Gasteiger partial charge in [-0.05, 0) is 91.9 Å². The molecule has 0 aliphatic heterocycles. The molecule has 4 aliphatic carbocycles. The highest BCUT2D eigenvalue weighted by Gasteiger charge is 2.63. The van der Waals surface area contributed by atoms with Crippen LogP contribution in [-0.2, 0) is 39.9 Å². The van der Waals surface area contributed by atoms with Crippen LogP contribution in [0.15, 0.2) is 35.9 Å². The molecule has 0 bridgehead atoms. The molecular weight excluding hydrogens is 562 g/mol. The molecule has 2 N–H and O–H groups in total. The molecule has 0 saturated heterocycles. The van der Waals surface area contributed by atoms with Crippen LogP contribution in [0.1, 0.15) is 84.1 Å². The predicted octanol–water partition coefficient (Wildman–Crippen LogP) is 4.63. The number of esters is 2. The summed E-state index contributed by atoms with van der Waals surface area (Å²) in [6, 6.07) is 5.37. The molecule has 238 valence electrons. The Morgan fingerprint density at radius 1 is 1.05 bits per heavy atom. The molecule has 9 nitrogen and oxygen atoms in total. The number of phenolic OH excluding ortho intramolecular Hbond substituents is 1. The summed E-state index contributed by atoms with van der Waals surface area (Å²) in [5, 5.41) is 12.2. The van der Waals surface area contributed by atoms with E-state index in [-0.39, 0.29) is 65.2 Å². The number of carbonyl (C=O) groups excluding carboxylic acids is 5. The van der Waals surface area contributed by atoms with Gasteiger partial charge in [-0.15, -0.1) is 0 Å². The molecule has 4 unspecified atom stereocenters. The Morgan fingerprint density at radius 2 is 1.77 bits per heavy atom. The summed E-state index contributed by atoms with van der Waals surface area (Å²) < 4.78 is 11.1. The number of nitrogens with one attached hydrogen (secondary N) is 1. The zero-order valence-electron chi connectivity index (χ0n) is 26.2. The molecule has 1 aromatic carbocycles.